The Bertz CT molecular complexity index is 377. The second-order valence-corrected chi connectivity index (χ2v) is 5.51. The number of nitrogens with one attached hydrogen (secondary N) is 1. The number of benzene rings is 1. The molecular formula is C13H18BrNO2. The Kier molecular flexibility index (Phi) is 4.20. The fourth-order valence-corrected chi connectivity index (χ4v) is 2.64. The highest BCUT2D eigenvalue weighted by Gasteiger charge is 2.32. The molecule has 94 valence electrons. The molecular weight excluding hydrogens is 282 g/mol. The first-order valence-corrected chi connectivity index (χ1v) is 6.68. The third kappa shape index (κ3) is 3.28. The van der Waals surface area contributed by atoms with E-state index in [9.17, 15) is 5.11 Å². The highest BCUT2D eigenvalue weighted by atomic mass is 79.9. The number of rotatable bonds is 4. The minimum absolute atomic E-state index is 0.204. The lowest BCUT2D eigenvalue weighted by atomic mass is 10.0. The minimum Gasteiger partial charge on any atom is -0.386 e. The van der Waals surface area contributed by atoms with E-state index in [-0.39, 0.29) is 6.04 Å². The van der Waals surface area contributed by atoms with Crippen LogP contribution in [0.2, 0.25) is 0 Å². The molecule has 2 unspecified atom stereocenters. The quantitative estimate of drug-likeness (QED) is 0.896. The summed E-state index contributed by atoms with van der Waals surface area (Å²) in [4.78, 5) is 0. The Morgan fingerprint density at radius 2 is 2.29 bits per heavy atom. The molecule has 0 spiro atoms. The summed E-state index contributed by atoms with van der Waals surface area (Å²) in [5.41, 5.74) is 0.505. The van der Waals surface area contributed by atoms with Crippen LogP contribution in [0.5, 0.6) is 0 Å². The van der Waals surface area contributed by atoms with E-state index in [1.165, 1.54) is 5.56 Å². The van der Waals surface area contributed by atoms with Crippen molar-refractivity contribution < 1.29 is 9.84 Å². The van der Waals surface area contributed by atoms with Gasteiger partial charge in [-0.3, -0.25) is 0 Å². The smallest absolute Gasteiger partial charge is 0.103 e. The van der Waals surface area contributed by atoms with Gasteiger partial charge in [-0.25, -0.2) is 0 Å². The fourth-order valence-electron chi connectivity index (χ4n) is 2.02. The van der Waals surface area contributed by atoms with Crippen molar-refractivity contribution in [3.63, 3.8) is 0 Å². The van der Waals surface area contributed by atoms with Gasteiger partial charge in [-0.05, 0) is 18.6 Å². The number of hydrogen-bond donors (Lipinski definition) is 2. The third-order valence-corrected chi connectivity index (χ3v) is 3.91. The van der Waals surface area contributed by atoms with Crippen molar-refractivity contribution in [1.82, 2.24) is 5.32 Å². The third-order valence-electron chi connectivity index (χ3n) is 3.19. The summed E-state index contributed by atoms with van der Waals surface area (Å²) in [5.74, 6) is 0. The molecule has 0 saturated carbocycles. The van der Waals surface area contributed by atoms with Gasteiger partial charge in [0.25, 0.3) is 0 Å². The molecule has 1 heterocycles. The maximum atomic E-state index is 10.2. The van der Waals surface area contributed by atoms with E-state index in [1.54, 1.807) is 0 Å². The molecule has 1 aliphatic rings. The van der Waals surface area contributed by atoms with Crippen LogP contribution in [-0.2, 0) is 4.74 Å². The maximum absolute atomic E-state index is 10.2. The van der Waals surface area contributed by atoms with Gasteiger partial charge in [0, 0.05) is 30.1 Å². The summed E-state index contributed by atoms with van der Waals surface area (Å²) >= 11 is 3.54. The molecule has 2 atom stereocenters. The molecule has 0 bridgehead atoms. The summed E-state index contributed by atoms with van der Waals surface area (Å²) in [6.45, 7) is 3.75. The highest BCUT2D eigenvalue weighted by Crippen LogP contribution is 2.24. The van der Waals surface area contributed by atoms with Crippen molar-refractivity contribution in [3.05, 3.63) is 34.3 Å². The Morgan fingerprint density at radius 3 is 2.94 bits per heavy atom. The van der Waals surface area contributed by atoms with Gasteiger partial charge in [-0.15, -0.1) is 0 Å². The van der Waals surface area contributed by atoms with E-state index in [1.807, 2.05) is 18.2 Å². The van der Waals surface area contributed by atoms with Gasteiger partial charge >= 0.3 is 0 Å². The van der Waals surface area contributed by atoms with Crippen LogP contribution in [-0.4, -0.2) is 30.5 Å². The normalized spacial score (nSPS) is 26.1. The predicted octanol–water partition coefficient (Wildman–Crippen LogP) is 2.25. The zero-order valence-corrected chi connectivity index (χ0v) is 11.5. The van der Waals surface area contributed by atoms with E-state index in [2.05, 4.69) is 34.2 Å². The number of aliphatic hydroxyl groups is 1. The molecule has 0 aliphatic carbocycles. The first-order chi connectivity index (χ1) is 8.11. The highest BCUT2D eigenvalue weighted by molar-refractivity contribution is 9.10. The largest absolute Gasteiger partial charge is 0.386 e. The SMILES string of the molecule is CC(NCC1(O)CCOC1)c1ccccc1Br. The van der Waals surface area contributed by atoms with Crippen LogP contribution < -0.4 is 5.32 Å². The average molecular weight is 300 g/mol. The fraction of sp³-hybridized carbons (Fsp3) is 0.538. The van der Waals surface area contributed by atoms with Crippen molar-refractivity contribution in [3.8, 4) is 0 Å². The number of halogens is 1. The van der Waals surface area contributed by atoms with Crippen LogP contribution in [0.4, 0.5) is 0 Å². The van der Waals surface area contributed by atoms with Crippen molar-refractivity contribution in [2.45, 2.75) is 25.0 Å². The minimum atomic E-state index is -0.699. The molecule has 2 N–H and O–H groups in total. The molecule has 17 heavy (non-hydrogen) atoms. The Balaban J connectivity index is 1.93. The Labute approximate surface area is 110 Å². The summed E-state index contributed by atoms with van der Waals surface area (Å²) in [6.07, 6.45) is 0.711. The van der Waals surface area contributed by atoms with Crippen LogP contribution in [0, 0.1) is 0 Å². The zero-order chi connectivity index (χ0) is 12.3. The van der Waals surface area contributed by atoms with E-state index in [0.29, 0.717) is 26.2 Å². The number of ether oxygens (including phenoxy) is 1. The topological polar surface area (TPSA) is 41.5 Å². The zero-order valence-electron chi connectivity index (χ0n) is 9.95. The van der Waals surface area contributed by atoms with Crippen LogP contribution in [0.25, 0.3) is 0 Å². The van der Waals surface area contributed by atoms with Gasteiger partial charge in [0.15, 0.2) is 0 Å². The van der Waals surface area contributed by atoms with E-state index >= 15 is 0 Å². The van der Waals surface area contributed by atoms with Crippen LogP contribution in [0.15, 0.2) is 28.7 Å². The molecule has 4 heteroatoms. The van der Waals surface area contributed by atoms with Gasteiger partial charge in [0.05, 0.1) is 6.61 Å². The lowest BCUT2D eigenvalue weighted by Gasteiger charge is -2.24. The molecule has 0 amide bonds. The molecule has 0 radical (unpaired) electrons. The van der Waals surface area contributed by atoms with Crippen LogP contribution in [0.3, 0.4) is 0 Å². The standard InChI is InChI=1S/C13H18BrNO2/c1-10(11-4-2-3-5-12(11)14)15-8-13(16)6-7-17-9-13/h2-5,10,15-16H,6-9H2,1H3. The van der Waals surface area contributed by atoms with E-state index < -0.39 is 5.60 Å². The van der Waals surface area contributed by atoms with Crippen LogP contribution >= 0.6 is 15.9 Å². The predicted molar refractivity (Wildman–Crippen MR) is 70.9 cm³/mol. The maximum Gasteiger partial charge on any atom is 0.103 e. The lowest BCUT2D eigenvalue weighted by Crippen LogP contribution is -2.41. The molecule has 3 nitrogen and oxygen atoms in total. The van der Waals surface area contributed by atoms with Crippen molar-refractivity contribution in [2.75, 3.05) is 19.8 Å². The van der Waals surface area contributed by atoms with E-state index in [0.717, 1.165) is 4.47 Å². The van der Waals surface area contributed by atoms with Gasteiger partial charge < -0.3 is 15.2 Å². The monoisotopic (exact) mass is 299 g/mol. The summed E-state index contributed by atoms with van der Waals surface area (Å²) in [7, 11) is 0. The molecule has 1 fully saturated rings. The van der Waals surface area contributed by atoms with Crippen molar-refractivity contribution >= 4 is 15.9 Å². The summed E-state index contributed by atoms with van der Waals surface area (Å²) in [5, 5.41) is 13.5. The molecule has 1 saturated heterocycles. The summed E-state index contributed by atoms with van der Waals surface area (Å²) < 4.78 is 6.31. The van der Waals surface area contributed by atoms with Gasteiger partial charge in [-0.2, -0.15) is 0 Å². The van der Waals surface area contributed by atoms with Crippen molar-refractivity contribution in [2.24, 2.45) is 0 Å². The second-order valence-electron chi connectivity index (χ2n) is 4.65. The molecule has 1 aliphatic heterocycles. The van der Waals surface area contributed by atoms with Crippen molar-refractivity contribution in [1.29, 1.82) is 0 Å². The van der Waals surface area contributed by atoms with Crippen LogP contribution in [0.1, 0.15) is 24.9 Å². The molecule has 2 rings (SSSR count). The first-order valence-electron chi connectivity index (χ1n) is 5.89. The second kappa shape index (κ2) is 5.48. The lowest BCUT2D eigenvalue weighted by molar-refractivity contribution is 0.0252. The Hall–Kier alpha value is -0.420. The average Bonchev–Trinajstić information content (AvgIpc) is 2.74. The van der Waals surface area contributed by atoms with Gasteiger partial charge in [-0.1, -0.05) is 34.1 Å². The van der Waals surface area contributed by atoms with Gasteiger partial charge in [0.1, 0.15) is 5.60 Å². The van der Waals surface area contributed by atoms with E-state index in [4.69, 9.17) is 4.74 Å². The van der Waals surface area contributed by atoms with Gasteiger partial charge in [0.2, 0.25) is 0 Å². The Morgan fingerprint density at radius 1 is 1.53 bits per heavy atom. The summed E-state index contributed by atoms with van der Waals surface area (Å²) in [6, 6.07) is 8.33. The first kappa shape index (κ1) is 13.0. The molecule has 1 aromatic rings. The number of hydrogen-bond acceptors (Lipinski definition) is 3. The molecule has 0 aromatic heterocycles. The molecule has 1 aromatic carbocycles.